The van der Waals surface area contributed by atoms with Crippen molar-refractivity contribution in [3.63, 3.8) is 0 Å². The zero-order valence-corrected chi connectivity index (χ0v) is 29.6. The van der Waals surface area contributed by atoms with E-state index in [1.54, 1.807) is 12.1 Å². The fourth-order valence-corrected chi connectivity index (χ4v) is 8.05. The van der Waals surface area contributed by atoms with Crippen LogP contribution in [0, 0.1) is 11.2 Å². The van der Waals surface area contributed by atoms with Gasteiger partial charge in [-0.05, 0) is 80.2 Å². The summed E-state index contributed by atoms with van der Waals surface area (Å²) in [5.74, 6) is -3.19. The lowest BCUT2D eigenvalue weighted by Crippen LogP contribution is -2.61. The number of fused-ring (bicyclic) bond motifs is 3. The molecule has 5 atom stereocenters. The van der Waals surface area contributed by atoms with Crippen LogP contribution < -0.4 is 21.7 Å². The summed E-state index contributed by atoms with van der Waals surface area (Å²) in [5, 5.41) is 9.81. The molecule has 1 aliphatic carbocycles. The molecule has 2 saturated heterocycles. The van der Waals surface area contributed by atoms with Gasteiger partial charge < -0.3 is 26.6 Å². The van der Waals surface area contributed by atoms with Crippen molar-refractivity contribution >= 4 is 56.7 Å². The van der Waals surface area contributed by atoms with Gasteiger partial charge in [-0.25, -0.2) is 9.37 Å². The zero-order chi connectivity index (χ0) is 35.2. The maximum absolute atomic E-state index is 16.0. The van der Waals surface area contributed by atoms with Crippen LogP contribution in [0.15, 0.2) is 30.5 Å². The number of halogens is 3. The van der Waals surface area contributed by atoms with E-state index in [1.807, 2.05) is 6.07 Å². The van der Waals surface area contributed by atoms with Gasteiger partial charge in [-0.15, -0.1) is 0 Å². The van der Waals surface area contributed by atoms with E-state index in [4.69, 9.17) is 38.2 Å². The first-order chi connectivity index (χ1) is 22.4. The quantitative estimate of drug-likeness (QED) is 0.224. The summed E-state index contributed by atoms with van der Waals surface area (Å²) in [6.45, 7) is 5.86. The molecular weight excluding hydrogens is 704 g/mol. The van der Waals surface area contributed by atoms with Gasteiger partial charge in [0.05, 0.1) is 24.4 Å². The molecule has 17 heteroatoms. The molecule has 1 saturated carbocycles. The van der Waals surface area contributed by atoms with E-state index >= 15 is 4.39 Å². The number of pyridine rings is 1. The Morgan fingerprint density at radius 1 is 1.16 bits per heavy atom. The van der Waals surface area contributed by atoms with Crippen LogP contribution in [0.25, 0.3) is 0 Å². The van der Waals surface area contributed by atoms with Gasteiger partial charge in [0.1, 0.15) is 11.5 Å². The second-order valence-corrected chi connectivity index (χ2v) is 16.2. The summed E-state index contributed by atoms with van der Waals surface area (Å²) in [7, 11) is -3.66. The maximum atomic E-state index is 16.0. The van der Waals surface area contributed by atoms with Gasteiger partial charge in [-0.3, -0.25) is 24.3 Å². The zero-order valence-electron chi connectivity index (χ0n) is 27.3. The van der Waals surface area contributed by atoms with E-state index in [2.05, 4.69) is 34.8 Å². The number of ether oxygens (including phenoxy) is 1. The highest BCUT2D eigenvalue weighted by Crippen LogP contribution is 2.64. The molecule has 8 N–H and O–H groups in total. The van der Waals surface area contributed by atoms with Crippen molar-refractivity contribution in [2.45, 2.75) is 94.4 Å². The molecule has 270 valence electrons. The molecule has 13 nitrogen and oxygen atoms in total. The number of benzene rings is 1. The standard InChI is InChI=1S/C30H34Cl2FN5O4.C2H6O3S.H2O/c1-28(2)8-10-29(11-9-28)30(18-5-3-15(31)13-19(18)37-27(30)41)21(17-7-12-35-24(32)22(17)33)23(38-29)26(40)36-16-4-6-20(25(34)39)42-14-16;1-2-6(3,4)5;/h3,5,7,12-13,16,20-21,23,38H,4,6,8-11,14H2,1-2H3,(H2,34,39)(H,36,40)(H,37,41);2H2,1H3,(H,3,4,5);1H2/t16-,20+,21+,23-,30-;;/m1../s1. The molecule has 4 aliphatic rings. The van der Waals surface area contributed by atoms with Crippen LogP contribution in [0.1, 0.15) is 76.3 Å². The largest absolute Gasteiger partial charge is 0.412 e. The van der Waals surface area contributed by atoms with Crippen LogP contribution in [0.3, 0.4) is 0 Å². The molecule has 1 aromatic carbocycles. The van der Waals surface area contributed by atoms with Crippen LogP contribution in [-0.4, -0.2) is 77.2 Å². The number of anilines is 1. The molecule has 0 radical (unpaired) electrons. The molecular formula is C32H42Cl2FN5O8S. The van der Waals surface area contributed by atoms with Crippen molar-refractivity contribution in [2.24, 2.45) is 11.1 Å². The first kappa shape index (κ1) is 38.9. The van der Waals surface area contributed by atoms with E-state index < -0.39 is 56.8 Å². The number of carbonyl (C=O) groups excluding carboxylic acids is 3. The van der Waals surface area contributed by atoms with Crippen molar-refractivity contribution in [3.05, 3.63) is 57.6 Å². The Morgan fingerprint density at radius 2 is 1.82 bits per heavy atom. The van der Waals surface area contributed by atoms with Crippen LogP contribution in [0.5, 0.6) is 0 Å². The highest BCUT2D eigenvalue weighted by molar-refractivity contribution is 7.85. The highest BCUT2D eigenvalue weighted by Gasteiger charge is 2.73. The Balaban J connectivity index is 0.000000710. The van der Waals surface area contributed by atoms with E-state index in [0.29, 0.717) is 42.0 Å². The monoisotopic (exact) mass is 745 g/mol. The molecule has 2 spiro atoms. The normalized spacial score (nSPS) is 28.1. The van der Waals surface area contributed by atoms with Gasteiger partial charge >= 0.3 is 0 Å². The van der Waals surface area contributed by atoms with Crippen LogP contribution in [-0.2, 0) is 34.7 Å². The summed E-state index contributed by atoms with van der Waals surface area (Å²) >= 11 is 12.5. The predicted molar refractivity (Wildman–Crippen MR) is 181 cm³/mol. The fraction of sp³-hybridized carbons (Fsp3) is 0.562. The Morgan fingerprint density at radius 3 is 2.39 bits per heavy atom. The molecule has 4 heterocycles. The number of nitrogens with zero attached hydrogens (tertiary/aromatic N) is 1. The average Bonchev–Trinajstić information content (AvgIpc) is 3.48. The van der Waals surface area contributed by atoms with E-state index in [0.717, 1.165) is 12.8 Å². The van der Waals surface area contributed by atoms with Crippen LogP contribution in [0.2, 0.25) is 10.2 Å². The minimum absolute atomic E-state index is 0. The summed E-state index contributed by atoms with van der Waals surface area (Å²) in [6.07, 6.45) is 4.31. The number of hydrogen-bond donors (Lipinski definition) is 5. The van der Waals surface area contributed by atoms with Crippen molar-refractivity contribution in [1.29, 1.82) is 0 Å². The molecule has 1 aromatic heterocycles. The maximum Gasteiger partial charge on any atom is 0.264 e. The van der Waals surface area contributed by atoms with Crippen molar-refractivity contribution in [2.75, 3.05) is 17.7 Å². The summed E-state index contributed by atoms with van der Waals surface area (Å²) < 4.78 is 48.5. The number of primary amides is 1. The summed E-state index contributed by atoms with van der Waals surface area (Å²) in [6, 6.07) is 5.34. The lowest BCUT2D eigenvalue weighted by molar-refractivity contribution is -0.134. The van der Waals surface area contributed by atoms with Gasteiger partial charge in [0, 0.05) is 28.4 Å². The lowest BCUT2D eigenvalue weighted by atomic mass is 9.53. The summed E-state index contributed by atoms with van der Waals surface area (Å²) in [5.41, 5.74) is 4.54. The molecule has 49 heavy (non-hydrogen) atoms. The van der Waals surface area contributed by atoms with Gasteiger partial charge in [0.25, 0.3) is 10.1 Å². The minimum atomic E-state index is -3.66. The van der Waals surface area contributed by atoms with Gasteiger partial charge in [-0.1, -0.05) is 43.1 Å². The fourth-order valence-electron chi connectivity index (χ4n) is 7.71. The number of aromatic nitrogens is 1. The number of amides is 3. The van der Waals surface area contributed by atoms with Gasteiger partial charge in [0.2, 0.25) is 17.7 Å². The third-order valence-corrected chi connectivity index (χ3v) is 11.5. The predicted octanol–water partition coefficient (Wildman–Crippen LogP) is 3.03. The van der Waals surface area contributed by atoms with Crippen LogP contribution in [0.4, 0.5) is 10.1 Å². The first-order valence-electron chi connectivity index (χ1n) is 15.8. The number of nitrogens with one attached hydrogen (secondary N) is 3. The molecule has 0 bridgehead atoms. The van der Waals surface area contributed by atoms with E-state index in [-0.39, 0.29) is 45.9 Å². The molecule has 0 unspecified atom stereocenters. The van der Waals surface area contributed by atoms with Crippen molar-refractivity contribution in [1.82, 2.24) is 15.6 Å². The third kappa shape index (κ3) is 7.30. The van der Waals surface area contributed by atoms with E-state index in [9.17, 15) is 22.8 Å². The minimum Gasteiger partial charge on any atom is -0.412 e. The molecule has 3 amide bonds. The Hall–Kier alpha value is -2.92. The Labute approximate surface area is 294 Å². The molecule has 3 aliphatic heterocycles. The van der Waals surface area contributed by atoms with Crippen molar-refractivity contribution < 1.29 is 42.0 Å². The topological polar surface area (TPSA) is 221 Å². The number of nitrogens with two attached hydrogens (primary N) is 1. The molecule has 3 fully saturated rings. The smallest absolute Gasteiger partial charge is 0.264 e. The van der Waals surface area contributed by atoms with Crippen LogP contribution >= 0.6 is 23.2 Å². The second-order valence-electron chi connectivity index (χ2n) is 13.7. The first-order valence-corrected chi connectivity index (χ1v) is 18.2. The highest BCUT2D eigenvalue weighted by atomic mass is 35.5. The number of carbonyl (C=O) groups is 3. The lowest BCUT2D eigenvalue weighted by Gasteiger charge is -2.50. The summed E-state index contributed by atoms with van der Waals surface area (Å²) in [4.78, 5) is 44.2. The Kier molecular flexibility index (Phi) is 11.4. The average molecular weight is 747 g/mol. The Bertz CT molecular complexity index is 1710. The second kappa shape index (κ2) is 14.4. The number of hydrogen-bond acceptors (Lipinski definition) is 8. The number of rotatable bonds is 5. The van der Waals surface area contributed by atoms with Gasteiger partial charge in [0.15, 0.2) is 11.0 Å². The molecule has 6 rings (SSSR count). The van der Waals surface area contributed by atoms with Crippen molar-refractivity contribution in [3.8, 4) is 0 Å². The van der Waals surface area contributed by atoms with Gasteiger partial charge in [-0.2, -0.15) is 8.42 Å². The third-order valence-electron chi connectivity index (χ3n) is 10.3. The van der Waals surface area contributed by atoms with E-state index in [1.165, 1.54) is 19.2 Å². The molecule has 2 aromatic rings. The SMILES string of the molecule is CC1(C)CCC2(CC1)N[C@@H](C(=O)N[C@@H]1CC[C@@H](C(N)=O)OC1)[C@H](c1ccnc(Cl)c1F)[C@]21C(=O)Nc2cc(Cl)ccc21.CCS(=O)(=O)O.O.